The van der Waals surface area contributed by atoms with Crippen molar-refractivity contribution in [3.8, 4) is 0 Å². The maximum Gasteiger partial charge on any atom is 0.175 e. The van der Waals surface area contributed by atoms with Crippen molar-refractivity contribution < 1.29 is 0 Å². The third-order valence-corrected chi connectivity index (χ3v) is 0.841. The summed E-state index contributed by atoms with van der Waals surface area (Å²) in [5.41, 5.74) is 5.94. The van der Waals surface area contributed by atoms with Gasteiger partial charge in [-0.1, -0.05) is 6.08 Å². The Morgan fingerprint density at radius 2 is 2.38 bits per heavy atom. The van der Waals surface area contributed by atoms with Crippen molar-refractivity contribution in [2.45, 2.75) is 6.92 Å². The number of nitrogens with two attached hydrogens (primary N) is 1. The van der Waals surface area contributed by atoms with Gasteiger partial charge < -0.3 is 5.73 Å². The van der Waals surface area contributed by atoms with Crippen LogP contribution in [0.1, 0.15) is 6.92 Å². The van der Waals surface area contributed by atoms with Crippen LogP contribution in [0.5, 0.6) is 0 Å². The summed E-state index contributed by atoms with van der Waals surface area (Å²) in [4.78, 5) is 0. The number of hydrogen-bond acceptors (Lipinski definition) is 4. The van der Waals surface area contributed by atoms with E-state index in [0.29, 0.717) is 11.5 Å². The lowest BCUT2D eigenvalue weighted by Gasteiger charge is -1.83. The topological polar surface area (TPSA) is 63.1 Å². The highest BCUT2D eigenvalue weighted by molar-refractivity contribution is 5.97. The van der Waals surface area contributed by atoms with Crippen molar-refractivity contribution in [3.63, 3.8) is 0 Å². The van der Waals surface area contributed by atoms with Gasteiger partial charge in [0.15, 0.2) is 5.84 Å². The van der Waals surface area contributed by atoms with Crippen LogP contribution in [-0.4, -0.2) is 5.84 Å². The summed E-state index contributed by atoms with van der Waals surface area (Å²) >= 11 is 0. The Morgan fingerprint density at radius 3 is 2.62 bits per heavy atom. The molecule has 0 saturated heterocycles. The standard InChI is InChI=1S/C4H6N4/c1-2-3-4(5)7-8-6-3/h2H,1H3,(H2,5,6,7). The molecule has 1 aliphatic rings. The van der Waals surface area contributed by atoms with E-state index in [1.807, 2.05) is 6.92 Å². The average molecular weight is 110 g/mol. The first kappa shape index (κ1) is 4.96. The number of nitrogens with zero attached hydrogens (tertiary/aromatic N) is 3. The fraction of sp³-hybridized carbons (Fsp3) is 0.250. The van der Waals surface area contributed by atoms with Gasteiger partial charge in [0.2, 0.25) is 0 Å². The molecule has 0 spiro atoms. The minimum atomic E-state index is 0.396. The van der Waals surface area contributed by atoms with Crippen LogP contribution in [0.4, 0.5) is 0 Å². The van der Waals surface area contributed by atoms with Crippen molar-refractivity contribution in [1.29, 1.82) is 0 Å². The SMILES string of the molecule is CC=C1N=NN=C1N. The van der Waals surface area contributed by atoms with Crippen LogP contribution in [0.15, 0.2) is 27.2 Å². The molecule has 0 aromatic rings. The van der Waals surface area contributed by atoms with E-state index in [9.17, 15) is 0 Å². The van der Waals surface area contributed by atoms with E-state index >= 15 is 0 Å². The Bertz CT molecular complexity index is 176. The quantitative estimate of drug-likeness (QED) is 0.488. The Kier molecular flexibility index (Phi) is 1.07. The van der Waals surface area contributed by atoms with E-state index in [0.717, 1.165) is 0 Å². The molecule has 0 unspecified atom stereocenters. The molecule has 0 radical (unpaired) electrons. The molecule has 0 fully saturated rings. The van der Waals surface area contributed by atoms with Crippen molar-refractivity contribution in [2.75, 3.05) is 0 Å². The average Bonchev–Trinajstić information content (AvgIpc) is 2.14. The lowest BCUT2D eigenvalue weighted by Crippen LogP contribution is -2.09. The molecule has 1 rings (SSSR count). The third kappa shape index (κ3) is 0.598. The molecule has 0 aromatic carbocycles. The third-order valence-electron chi connectivity index (χ3n) is 0.841. The molecule has 8 heavy (non-hydrogen) atoms. The van der Waals surface area contributed by atoms with E-state index in [2.05, 4.69) is 15.4 Å². The second kappa shape index (κ2) is 1.73. The highest BCUT2D eigenvalue weighted by atomic mass is 15.4. The minimum Gasteiger partial charge on any atom is -0.380 e. The van der Waals surface area contributed by atoms with Crippen LogP contribution in [0.25, 0.3) is 0 Å². The fourth-order valence-electron chi connectivity index (χ4n) is 0.427. The molecule has 0 atom stereocenters. The minimum absolute atomic E-state index is 0.396. The Hall–Kier alpha value is -1.19. The van der Waals surface area contributed by atoms with Crippen molar-refractivity contribution >= 4 is 5.84 Å². The molecular formula is C4H6N4. The lowest BCUT2D eigenvalue weighted by atomic mass is 10.4. The Balaban J connectivity index is 2.88. The zero-order valence-corrected chi connectivity index (χ0v) is 4.50. The van der Waals surface area contributed by atoms with Crippen molar-refractivity contribution in [3.05, 3.63) is 11.8 Å². The van der Waals surface area contributed by atoms with Crippen LogP contribution < -0.4 is 5.73 Å². The fourth-order valence-corrected chi connectivity index (χ4v) is 0.427. The van der Waals surface area contributed by atoms with E-state index < -0.39 is 0 Å². The number of rotatable bonds is 0. The van der Waals surface area contributed by atoms with E-state index in [-0.39, 0.29) is 0 Å². The molecule has 42 valence electrons. The molecule has 1 aliphatic heterocycles. The summed E-state index contributed by atoms with van der Waals surface area (Å²) < 4.78 is 0. The maximum absolute atomic E-state index is 5.28. The Morgan fingerprint density at radius 1 is 1.62 bits per heavy atom. The van der Waals surface area contributed by atoms with Gasteiger partial charge in [0, 0.05) is 0 Å². The van der Waals surface area contributed by atoms with Crippen LogP contribution in [0.3, 0.4) is 0 Å². The smallest absolute Gasteiger partial charge is 0.175 e. The van der Waals surface area contributed by atoms with Gasteiger partial charge in [0.05, 0.1) is 0 Å². The monoisotopic (exact) mass is 110 g/mol. The summed E-state index contributed by atoms with van der Waals surface area (Å²) in [6.07, 6.45) is 1.76. The summed E-state index contributed by atoms with van der Waals surface area (Å²) in [7, 11) is 0. The zero-order valence-electron chi connectivity index (χ0n) is 4.50. The van der Waals surface area contributed by atoms with Gasteiger partial charge in [-0.2, -0.15) is 0 Å². The molecule has 4 heteroatoms. The lowest BCUT2D eigenvalue weighted by molar-refractivity contribution is 1.09. The number of amidine groups is 1. The summed E-state index contributed by atoms with van der Waals surface area (Å²) in [5.74, 6) is 0.396. The summed E-state index contributed by atoms with van der Waals surface area (Å²) in [6.45, 7) is 1.84. The molecule has 0 bridgehead atoms. The van der Waals surface area contributed by atoms with Gasteiger partial charge in [-0.05, 0) is 12.1 Å². The van der Waals surface area contributed by atoms with E-state index in [1.54, 1.807) is 6.08 Å². The highest BCUT2D eigenvalue weighted by Crippen LogP contribution is 2.04. The van der Waals surface area contributed by atoms with Crippen molar-refractivity contribution in [1.82, 2.24) is 0 Å². The molecule has 2 N–H and O–H groups in total. The first-order valence-corrected chi connectivity index (χ1v) is 2.25. The maximum atomic E-state index is 5.28. The molecule has 0 aromatic heterocycles. The first-order valence-electron chi connectivity index (χ1n) is 2.25. The van der Waals surface area contributed by atoms with Crippen molar-refractivity contribution in [2.24, 2.45) is 21.2 Å². The van der Waals surface area contributed by atoms with Gasteiger partial charge in [-0.3, -0.25) is 0 Å². The number of hydrogen-bond donors (Lipinski definition) is 1. The highest BCUT2D eigenvalue weighted by Gasteiger charge is 2.03. The summed E-state index contributed by atoms with van der Waals surface area (Å²) in [6, 6.07) is 0. The second-order valence-corrected chi connectivity index (χ2v) is 1.35. The van der Waals surface area contributed by atoms with Crippen LogP contribution in [0.2, 0.25) is 0 Å². The molecular weight excluding hydrogens is 104 g/mol. The van der Waals surface area contributed by atoms with Gasteiger partial charge in [-0.25, -0.2) is 0 Å². The molecule has 1 heterocycles. The molecule has 0 saturated carbocycles. The van der Waals surface area contributed by atoms with Gasteiger partial charge in [-0.15, -0.1) is 10.2 Å². The molecule has 0 aliphatic carbocycles. The largest absolute Gasteiger partial charge is 0.380 e. The predicted molar refractivity (Wildman–Crippen MR) is 30.2 cm³/mol. The first-order chi connectivity index (χ1) is 3.84. The van der Waals surface area contributed by atoms with Crippen LogP contribution in [-0.2, 0) is 0 Å². The van der Waals surface area contributed by atoms with Crippen LogP contribution in [0, 0.1) is 0 Å². The number of allylic oxidation sites excluding steroid dienone is 1. The molecule has 0 amide bonds. The van der Waals surface area contributed by atoms with E-state index in [4.69, 9.17) is 5.73 Å². The summed E-state index contributed by atoms with van der Waals surface area (Å²) in [5, 5.41) is 10.4. The second-order valence-electron chi connectivity index (χ2n) is 1.35. The molecule has 4 nitrogen and oxygen atoms in total. The van der Waals surface area contributed by atoms with E-state index in [1.165, 1.54) is 0 Å². The zero-order chi connectivity index (χ0) is 5.98. The van der Waals surface area contributed by atoms with Gasteiger partial charge in [0.1, 0.15) is 5.70 Å². The predicted octanol–water partition coefficient (Wildman–Crippen LogP) is 0.628. The van der Waals surface area contributed by atoms with Gasteiger partial charge in [0.25, 0.3) is 0 Å². The normalized spacial score (nSPS) is 22.1. The van der Waals surface area contributed by atoms with Crippen LogP contribution >= 0.6 is 0 Å². The van der Waals surface area contributed by atoms with Gasteiger partial charge >= 0.3 is 0 Å². The Labute approximate surface area is 46.8 Å².